The lowest BCUT2D eigenvalue weighted by atomic mass is 9.87. The molecule has 1 unspecified atom stereocenters. The van der Waals surface area contributed by atoms with Crippen molar-refractivity contribution in [2.24, 2.45) is 5.92 Å². The third-order valence-corrected chi connectivity index (χ3v) is 4.26. The van der Waals surface area contributed by atoms with Gasteiger partial charge in [-0.25, -0.2) is 0 Å². The highest BCUT2D eigenvalue weighted by Crippen LogP contribution is 2.36. The summed E-state index contributed by atoms with van der Waals surface area (Å²) in [4.78, 5) is 11.5. The van der Waals surface area contributed by atoms with Gasteiger partial charge in [-0.15, -0.1) is 0 Å². The monoisotopic (exact) mass is 311 g/mol. The van der Waals surface area contributed by atoms with Crippen LogP contribution in [0.5, 0.6) is 0 Å². The normalized spacial score (nSPS) is 17.8. The summed E-state index contributed by atoms with van der Waals surface area (Å²) < 4.78 is 0.879. The van der Waals surface area contributed by atoms with E-state index in [9.17, 15) is 9.90 Å². The van der Waals surface area contributed by atoms with E-state index in [2.05, 4.69) is 15.9 Å². The van der Waals surface area contributed by atoms with E-state index in [1.165, 1.54) is 12.8 Å². The summed E-state index contributed by atoms with van der Waals surface area (Å²) >= 11 is 3.38. The number of rotatable bonds is 4. The lowest BCUT2D eigenvalue weighted by Gasteiger charge is -2.19. The number of halogens is 1. The minimum atomic E-state index is -0.772. The average Bonchev–Trinajstić information content (AvgIpc) is 2.82. The molecule has 1 atom stereocenters. The molecule has 3 N–H and O–H groups in total. The standard InChI is InChI=1S/C14H18BrNO2/c15-10-5-6-13(16)11(8-10)12(14(17)18)7-9-3-1-2-4-9/h5-6,8-9,12H,1-4,7,16H2,(H,17,18). The van der Waals surface area contributed by atoms with Crippen LogP contribution in [0.25, 0.3) is 0 Å². The molecule has 1 aromatic rings. The Morgan fingerprint density at radius 2 is 2.11 bits per heavy atom. The van der Waals surface area contributed by atoms with Crippen molar-refractivity contribution < 1.29 is 9.90 Å². The Morgan fingerprint density at radius 1 is 1.44 bits per heavy atom. The number of anilines is 1. The zero-order valence-electron chi connectivity index (χ0n) is 10.2. The Kier molecular flexibility index (Phi) is 4.27. The van der Waals surface area contributed by atoms with E-state index < -0.39 is 11.9 Å². The van der Waals surface area contributed by atoms with Gasteiger partial charge in [-0.2, -0.15) is 0 Å². The smallest absolute Gasteiger partial charge is 0.311 e. The van der Waals surface area contributed by atoms with Gasteiger partial charge in [0.15, 0.2) is 0 Å². The molecule has 1 fully saturated rings. The number of nitrogens with two attached hydrogens (primary N) is 1. The van der Waals surface area contributed by atoms with Crippen molar-refractivity contribution in [2.45, 2.75) is 38.0 Å². The van der Waals surface area contributed by atoms with Gasteiger partial charge < -0.3 is 10.8 Å². The first-order valence-electron chi connectivity index (χ1n) is 6.35. The van der Waals surface area contributed by atoms with Gasteiger partial charge in [0, 0.05) is 10.2 Å². The second kappa shape index (κ2) is 5.74. The van der Waals surface area contributed by atoms with Gasteiger partial charge in [-0.3, -0.25) is 4.79 Å². The number of nitrogen functional groups attached to an aromatic ring is 1. The minimum absolute atomic E-state index is 0.481. The van der Waals surface area contributed by atoms with E-state index in [0.29, 0.717) is 18.0 Å². The van der Waals surface area contributed by atoms with E-state index in [0.717, 1.165) is 22.9 Å². The molecule has 18 heavy (non-hydrogen) atoms. The van der Waals surface area contributed by atoms with Gasteiger partial charge >= 0.3 is 5.97 Å². The topological polar surface area (TPSA) is 63.3 Å². The molecule has 2 rings (SSSR count). The predicted molar refractivity (Wildman–Crippen MR) is 75.5 cm³/mol. The molecule has 3 nitrogen and oxygen atoms in total. The summed E-state index contributed by atoms with van der Waals surface area (Å²) in [6.07, 6.45) is 5.46. The maximum atomic E-state index is 11.5. The van der Waals surface area contributed by atoms with Crippen LogP contribution in [0, 0.1) is 5.92 Å². The van der Waals surface area contributed by atoms with E-state index in [-0.39, 0.29) is 0 Å². The van der Waals surface area contributed by atoms with Crippen molar-refractivity contribution in [1.29, 1.82) is 0 Å². The highest BCUT2D eigenvalue weighted by Gasteiger charge is 2.27. The van der Waals surface area contributed by atoms with Gasteiger partial charge in [0.2, 0.25) is 0 Å². The molecule has 0 aliphatic heterocycles. The zero-order valence-corrected chi connectivity index (χ0v) is 11.8. The Morgan fingerprint density at radius 3 is 2.72 bits per heavy atom. The summed E-state index contributed by atoms with van der Waals surface area (Å²) in [5.74, 6) is -0.721. The number of carbonyl (C=O) groups is 1. The molecule has 0 saturated heterocycles. The van der Waals surface area contributed by atoms with Crippen LogP contribution in [0.2, 0.25) is 0 Å². The molecule has 1 aliphatic carbocycles. The predicted octanol–water partition coefficient (Wildman–Crippen LogP) is 3.78. The largest absolute Gasteiger partial charge is 0.481 e. The van der Waals surface area contributed by atoms with Crippen LogP contribution in [0.3, 0.4) is 0 Å². The number of hydrogen-bond donors (Lipinski definition) is 2. The highest BCUT2D eigenvalue weighted by atomic mass is 79.9. The Balaban J connectivity index is 2.23. The number of carboxylic acids is 1. The number of aliphatic carboxylic acids is 1. The molecule has 98 valence electrons. The van der Waals surface area contributed by atoms with Crippen molar-refractivity contribution in [2.75, 3.05) is 5.73 Å². The van der Waals surface area contributed by atoms with E-state index in [1.807, 2.05) is 12.1 Å². The van der Waals surface area contributed by atoms with Crippen LogP contribution in [-0.4, -0.2) is 11.1 Å². The lowest BCUT2D eigenvalue weighted by molar-refractivity contribution is -0.139. The van der Waals surface area contributed by atoms with E-state index >= 15 is 0 Å². The molecule has 1 aliphatic rings. The molecular weight excluding hydrogens is 294 g/mol. The molecule has 1 aromatic carbocycles. The highest BCUT2D eigenvalue weighted by molar-refractivity contribution is 9.10. The van der Waals surface area contributed by atoms with Crippen LogP contribution in [0.1, 0.15) is 43.6 Å². The van der Waals surface area contributed by atoms with Gasteiger partial charge in [0.05, 0.1) is 5.92 Å². The lowest BCUT2D eigenvalue weighted by Crippen LogP contribution is -2.16. The second-order valence-electron chi connectivity index (χ2n) is 5.05. The SMILES string of the molecule is Nc1ccc(Br)cc1C(CC1CCCC1)C(=O)O. The summed E-state index contributed by atoms with van der Waals surface area (Å²) in [7, 11) is 0. The first-order chi connectivity index (χ1) is 8.58. The molecule has 0 bridgehead atoms. The van der Waals surface area contributed by atoms with Gasteiger partial charge in [-0.1, -0.05) is 41.6 Å². The van der Waals surface area contributed by atoms with Crippen LogP contribution < -0.4 is 5.73 Å². The Hall–Kier alpha value is -1.03. The molecule has 0 heterocycles. The van der Waals surface area contributed by atoms with Crippen molar-refractivity contribution in [3.8, 4) is 0 Å². The first kappa shape index (κ1) is 13.4. The number of benzene rings is 1. The molecule has 0 radical (unpaired) electrons. The van der Waals surface area contributed by atoms with Crippen LogP contribution >= 0.6 is 15.9 Å². The maximum Gasteiger partial charge on any atom is 0.311 e. The average molecular weight is 312 g/mol. The summed E-state index contributed by atoms with van der Waals surface area (Å²) in [5.41, 5.74) is 7.23. The van der Waals surface area contributed by atoms with Crippen molar-refractivity contribution in [1.82, 2.24) is 0 Å². The van der Waals surface area contributed by atoms with E-state index in [1.54, 1.807) is 6.07 Å². The van der Waals surface area contributed by atoms with Crippen LogP contribution in [-0.2, 0) is 4.79 Å². The van der Waals surface area contributed by atoms with Crippen LogP contribution in [0.4, 0.5) is 5.69 Å². The fourth-order valence-corrected chi connectivity index (χ4v) is 3.17. The molecule has 0 spiro atoms. The quantitative estimate of drug-likeness (QED) is 0.832. The second-order valence-corrected chi connectivity index (χ2v) is 5.97. The fraction of sp³-hybridized carbons (Fsp3) is 0.500. The summed E-state index contributed by atoms with van der Waals surface area (Å²) in [6, 6.07) is 5.44. The molecule has 1 saturated carbocycles. The van der Waals surface area contributed by atoms with Gasteiger partial charge in [0.25, 0.3) is 0 Å². The Bertz CT molecular complexity index is 441. The Labute approximate surface area is 116 Å². The maximum absolute atomic E-state index is 11.5. The van der Waals surface area contributed by atoms with Crippen molar-refractivity contribution in [3.63, 3.8) is 0 Å². The molecule has 0 aromatic heterocycles. The zero-order chi connectivity index (χ0) is 13.1. The molecule has 0 amide bonds. The molecule has 4 heteroatoms. The van der Waals surface area contributed by atoms with Gasteiger partial charge in [-0.05, 0) is 36.1 Å². The van der Waals surface area contributed by atoms with Crippen molar-refractivity contribution in [3.05, 3.63) is 28.2 Å². The number of carboxylic acid groups (broad SMARTS) is 1. The fourth-order valence-electron chi connectivity index (χ4n) is 2.79. The molecular formula is C14H18BrNO2. The first-order valence-corrected chi connectivity index (χ1v) is 7.15. The third kappa shape index (κ3) is 3.05. The number of hydrogen-bond acceptors (Lipinski definition) is 2. The van der Waals surface area contributed by atoms with Gasteiger partial charge in [0.1, 0.15) is 0 Å². The summed E-state index contributed by atoms with van der Waals surface area (Å²) in [5, 5.41) is 9.43. The summed E-state index contributed by atoms with van der Waals surface area (Å²) in [6.45, 7) is 0. The van der Waals surface area contributed by atoms with Crippen LogP contribution in [0.15, 0.2) is 22.7 Å². The van der Waals surface area contributed by atoms with Crippen molar-refractivity contribution >= 4 is 27.6 Å². The minimum Gasteiger partial charge on any atom is -0.481 e. The van der Waals surface area contributed by atoms with E-state index in [4.69, 9.17) is 5.73 Å². The third-order valence-electron chi connectivity index (χ3n) is 3.77.